The van der Waals surface area contributed by atoms with E-state index in [4.69, 9.17) is 16.3 Å². The molecule has 0 aliphatic heterocycles. The number of nitrogens with two attached hydrogens (primary N) is 2. The molecule has 1 heterocycles. The molecular weight excluding hydrogens is 505 g/mol. The van der Waals surface area contributed by atoms with Crippen LogP contribution in [0.3, 0.4) is 0 Å². The zero-order valence-corrected chi connectivity index (χ0v) is 21.6. The Morgan fingerprint density at radius 3 is 2.59 bits per heavy atom. The molecule has 0 unspecified atom stereocenters. The predicted octanol–water partition coefficient (Wildman–Crippen LogP) is 4.87. The summed E-state index contributed by atoms with van der Waals surface area (Å²) in [6, 6.07) is 6.67. The third kappa shape index (κ3) is 7.00. The molecule has 198 valence electrons. The molecule has 37 heavy (non-hydrogen) atoms. The van der Waals surface area contributed by atoms with Gasteiger partial charge in [-0.25, -0.2) is 5.84 Å². The number of aromatic nitrogens is 1. The largest absolute Gasteiger partial charge is 0.494 e. The number of aryl methyl sites for hydroxylation is 1. The van der Waals surface area contributed by atoms with E-state index >= 15 is 0 Å². The Hall–Kier alpha value is -3.61. The molecule has 0 atom stereocenters. The van der Waals surface area contributed by atoms with Gasteiger partial charge in [0.15, 0.2) is 0 Å². The molecule has 3 rings (SSSR count). The maximum atomic E-state index is 13.6. The number of anilines is 2. The maximum Gasteiger partial charge on any atom is 0.416 e. The van der Waals surface area contributed by atoms with Crippen molar-refractivity contribution < 1.29 is 22.7 Å². The van der Waals surface area contributed by atoms with Crippen LogP contribution in [-0.2, 0) is 12.7 Å². The van der Waals surface area contributed by atoms with Gasteiger partial charge < -0.3 is 21.1 Å². The Morgan fingerprint density at radius 1 is 1.27 bits per heavy atom. The minimum atomic E-state index is -4.61. The lowest BCUT2D eigenvalue weighted by Crippen LogP contribution is -2.27. The fraction of sp³-hybridized carbons (Fsp3) is 0.280. The number of nitrogens with one attached hydrogen (secondary N) is 2. The molecule has 0 saturated carbocycles. The van der Waals surface area contributed by atoms with Gasteiger partial charge in [0, 0.05) is 36.1 Å². The van der Waals surface area contributed by atoms with Gasteiger partial charge in [-0.3, -0.25) is 14.8 Å². The van der Waals surface area contributed by atoms with Gasteiger partial charge >= 0.3 is 6.18 Å². The van der Waals surface area contributed by atoms with Gasteiger partial charge in [-0.2, -0.15) is 13.2 Å². The third-order valence-corrected chi connectivity index (χ3v) is 6.21. The van der Waals surface area contributed by atoms with E-state index in [1.54, 1.807) is 30.8 Å². The Morgan fingerprint density at radius 2 is 2.00 bits per heavy atom. The monoisotopic (exact) mass is 534 g/mol. The van der Waals surface area contributed by atoms with Crippen LogP contribution in [0.4, 0.5) is 24.5 Å². The number of methoxy groups -OCH3 is 1. The molecule has 0 fully saturated rings. The fourth-order valence-electron chi connectivity index (χ4n) is 3.50. The van der Waals surface area contributed by atoms with Gasteiger partial charge in [0.25, 0.3) is 5.91 Å². The molecule has 2 aromatic carbocycles. The zero-order chi connectivity index (χ0) is 27.3. The highest BCUT2D eigenvalue weighted by Gasteiger charge is 2.33. The topological polar surface area (TPSA) is 119 Å². The molecule has 0 spiro atoms. The van der Waals surface area contributed by atoms with Crippen LogP contribution in [0.2, 0.25) is 0 Å². The first kappa shape index (κ1) is 28.0. The summed E-state index contributed by atoms with van der Waals surface area (Å²) in [6.07, 6.45) is -1.50. The predicted molar refractivity (Wildman–Crippen MR) is 140 cm³/mol. The lowest BCUT2D eigenvalue weighted by molar-refractivity contribution is -0.137. The van der Waals surface area contributed by atoms with Crippen molar-refractivity contribution in [3.63, 3.8) is 0 Å². The van der Waals surface area contributed by atoms with E-state index in [2.05, 4.69) is 15.6 Å². The van der Waals surface area contributed by atoms with Gasteiger partial charge in [0.05, 0.1) is 40.1 Å². The minimum Gasteiger partial charge on any atom is -0.494 e. The number of hydrogen-bond acceptors (Lipinski definition) is 8. The summed E-state index contributed by atoms with van der Waals surface area (Å²) in [7, 11) is 1.34. The average molecular weight is 535 g/mol. The van der Waals surface area contributed by atoms with Crippen molar-refractivity contribution >= 4 is 34.3 Å². The average Bonchev–Trinajstić information content (AvgIpc) is 3.37. The van der Waals surface area contributed by atoms with E-state index in [0.717, 1.165) is 22.6 Å². The van der Waals surface area contributed by atoms with Crippen LogP contribution in [-0.4, -0.2) is 24.0 Å². The van der Waals surface area contributed by atoms with E-state index in [0.29, 0.717) is 11.4 Å². The van der Waals surface area contributed by atoms with E-state index in [9.17, 15) is 18.0 Å². The Bertz CT molecular complexity index is 1280. The van der Waals surface area contributed by atoms with E-state index in [1.807, 2.05) is 13.8 Å². The zero-order valence-electron chi connectivity index (χ0n) is 20.8. The number of alkyl halides is 3. The molecular formula is C25H29F3N6O2S. The van der Waals surface area contributed by atoms with Gasteiger partial charge in [-0.1, -0.05) is 19.9 Å². The highest BCUT2D eigenvalue weighted by atomic mass is 32.1. The quantitative estimate of drug-likeness (QED) is 0.229. The van der Waals surface area contributed by atoms with Crippen LogP contribution in [0.25, 0.3) is 5.70 Å². The van der Waals surface area contributed by atoms with E-state index in [-0.39, 0.29) is 35.2 Å². The van der Waals surface area contributed by atoms with Crippen molar-refractivity contribution in [2.45, 2.75) is 39.5 Å². The van der Waals surface area contributed by atoms with Crippen molar-refractivity contribution in [2.24, 2.45) is 11.6 Å². The molecule has 1 aromatic heterocycles. The second-order valence-corrected chi connectivity index (χ2v) is 9.45. The van der Waals surface area contributed by atoms with Crippen LogP contribution < -0.4 is 32.0 Å². The number of rotatable bonds is 9. The summed E-state index contributed by atoms with van der Waals surface area (Å²) in [6.45, 7) is 5.67. The molecule has 3 aromatic rings. The fourth-order valence-corrected chi connectivity index (χ4v) is 4.04. The SMILES string of the molecule is COc1c(CNC(C)C)cc(C(F)(F)F)cc1NC(=O)c1ccc(C)c(N(N)/C=C(\N)c2cncs2)c1. The van der Waals surface area contributed by atoms with Crippen molar-refractivity contribution in [1.29, 1.82) is 0 Å². The number of hydrogen-bond donors (Lipinski definition) is 4. The van der Waals surface area contributed by atoms with Gasteiger partial charge in [-0.05, 0) is 36.8 Å². The highest BCUT2D eigenvalue weighted by Crippen LogP contribution is 2.38. The number of halogens is 3. The molecule has 6 N–H and O–H groups in total. The van der Waals surface area contributed by atoms with Crippen LogP contribution in [0.5, 0.6) is 5.75 Å². The molecule has 8 nitrogen and oxygen atoms in total. The first-order valence-electron chi connectivity index (χ1n) is 11.2. The van der Waals surface area contributed by atoms with Crippen LogP contribution in [0.1, 0.15) is 45.8 Å². The lowest BCUT2D eigenvalue weighted by Gasteiger charge is -2.20. The number of ether oxygens (including phenoxy) is 1. The first-order valence-corrected chi connectivity index (χ1v) is 12.1. The van der Waals surface area contributed by atoms with Gasteiger partial charge in [0.2, 0.25) is 0 Å². The van der Waals surface area contributed by atoms with Gasteiger partial charge in [-0.15, -0.1) is 11.3 Å². The Kier molecular flexibility index (Phi) is 8.79. The van der Waals surface area contributed by atoms with Crippen molar-refractivity contribution in [1.82, 2.24) is 10.3 Å². The number of benzene rings is 2. The summed E-state index contributed by atoms with van der Waals surface area (Å²) in [5.41, 5.74) is 8.81. The smallest absolute Gasteiger partial charge is 0.416 e. The number of hydrazine groups is 1. The molecule has 0 aliphatic carbocycles. The molecule has 1 amide bonds. The number of nitrogens with zero attached hydrogens (tertiary/aromatic N) is 2. The van der Waals surface area contributed by atoms with Crippen molar-refractivity contribution in [3.8, 4) is 5.75 Å². The normalized spacial score (nSPS) is 12.1. The summed E-state index contributed by atoms with van der Waals surface area (Å²) < 4.78 is 46.3. The standard InChI is InChI=1S/C25H29F3N6O2S/c1-14(2)32-10-17-7-18(25(26,27)28)9-20(23(17)36-4)33-24(35)16-6-5-15(3)21(8-16)34(30)12-19(29)22-11-31-13-37-22/h5-9,11-14,32H,10,29-30H2,1-4H3,(H,33,35)/b19-12-. The number of carbonyl (C=O) groups excluding carboxylic acids is 1. The van der Waals surface area contributed by atoms with Crippen molar-refractivity contribution in [3.05, 3.63) is 75.4 Å². The number of carbonyl (C=O) groups is 1. The minimum absolute atomic E-state index is 0.0293. The van der Waals surface area contributed by atoms with Gasteiger partial charge in [0.1, 0.15) is 5.75 Å². The van der Waals surface area contributed by atoms with Crippen molar-refractivity contribution in [2.75, 3.05) is 17.4 Å². The van der Waals surface area contributed by atoms with E-state index < -0.39 is 17.6 Å². The molecule has 0 radical (unpaired) electrons. The maximum absolute atomic E-state index is 13.6. The molecule has 0 bridgehead atoms. The molecule has 12 heteroatoms. The first-order chi connectivity index (χ1) is 17.4. The summed E-state index contributed by atoms with van der Waals surface area (Å²) in [4.78, 5) is 17.9. The Balaban J connectivity index is 1.95. The highest BCUT2D eigenvalue weighted by molar-refractivity contribution is 7.10. The third-order valence-electron chi connectivity index (χ3n) is 5.39. The van der Waals surface area contributed by atoms with Crippen LogP contribution in [0, 0.1) is 6.92 Å². The second-order valence-electron chi connectivity index (χ2n) is 8.56. The summed E-state index contributed by atoms with van der Waals surface area (Å²) in [5, 5.41) is 6.93. The number of thiazole rings is 1. The number of amides is 1. The Labute approximate surface area is 217 Å². The summed E-state index contributed by atoms with van der Waals surface area (Å²) in [5.74, 6) is 5.70. The summed E-state index contributed by atoms with van der Waals surface area (Å²) >= 11 is 1.35. The van der Waals surface area contributed by atoms with E-state index in [1.165, 1.54) is 35.7 Å². The molecule has 0 saturated heterocycles. The molecule has 0 aliphatic rings. The van der Waals surface area contributed by atoms with Crippen LogP contribution in [0.15, 0.2) is 48.2 Å². The lowest BCUT2D eigenvalue weighted by atomic mass is 10.1. The second kappa shape index (κ2) is 11.6. The van der Waals surface area contributed by atoms with Crippen LogP contribution >= 0.6 is 11.3 Å².